The van der Waals surface area contributed by atoms with Crippen LogP contribution in [0, 0.1) is 0 Å². The lowest BCUT2D eigenvalue weighted by molar-refractivity contribution is 0.0535. The van der Waals surface area contributed by atoms with E-state index in [0.29, 0.717) is 37.3 Å². The highest BCUT2D eigenvalue weighted by atomic mass is 35.5. The van der Waals surface area contributed by atoms with Crippen LogP contribution in [0.15, 0.2) is 48.5 Å². The van der Waals surface area contributed by atoms with E-state index in [9.17, 15) is 18.0 Å². The Balaban J connectivity index is 1.67. The number of piperazine rings is 1. The monoisotopic (exact) mass is 421 g/mol. The van der Waals surface area contributed by atoms with E-state index in [1.165, 1.54) is 12.1 Å². The molecule has 0 aromatic heterocycles. The summed E-state index contributed by atoms with van der Waals surface area (Å²) in [5.41, 5.74) is 1.11. The van der Waals surface area contributed by atoms with Crippen molar-refractivity contribution in [2.24, 2.45) is 0 Å². The number of nitrogens with zero attached hydrogens (tertiary/aromatic N) is 2. The molecule has 1 heterocycles. The summed E-state index contributed by atoms with van der Waals surface area (Å²) < 4.78 is 25.2. The van der Waals surface area contributed by atoms with Crippen LogP contribution in [-0.4, -0.2) is 62.5 Å². The van der Waals surface area contributed by atoms with Gasteiger partial charge in [0.15, 0.2) is 0 Å². The van der Waals surface area contributed by atoms with Gasteiger partial charge in [0, 0.05) is 37.3 Å². The van der Waals surface area contributed by atoms with Crippen molar-refractivity contribution in [1.82, 2.24) is 9.80 Å². The third-order valence-corrected chi connectivity index (χ3v) is 5.30. The Hall–Kier alpha value is -2.58. The van der Waals surface area contributed by atoms with Crippen LogP contribution in [0.25, 0.3) is 0 Å². The van der Waals surface area contributed by atoms with E-state index in [1.54, 1.807) is 28.0 Å². The molecule has 1 aliphatic rings. The summed E-state index contributed by atoms with van der Waals surface area (Å²) in [4.78, 5) is 28.6. The number of sulfonamides is 1. The number of amides is 2. The van der Waals surface area contributed by atoms with Gasteiger partial charge in [0.05, 0.1) is 17.0 Å². The Morgan fingerprint density at radius 3 is 1.96 bits per heavy atom. The second-order valence-electron chi connectivity index (χ2n) is 6.52. The molecule has 3 rings (SSSR count). The lowest BCUT2D eigenvalue weighted by Crippen LogP contribution is -2.50. The first-order chi connectivity index (χ1) is 13.2. The molecule has 0 spiro atoms. The van der Waals surface area contributed by atoms with Crippen LogP contribution < -0.4 is 4.72 Å². The zero-order chi connectivity index (χ0) is 20.3. The molecule has 28 heavy (non-hydrogen) atoms. The first-order valence-corrected chi connectivity index (χ1v) is 10.9. The second kappa shape index (κ2) is 8.20. The molecule has 1 saturated heterocycles. The van der Waals surface area contributed by atoms with Gasteiger partial charge >= 0.3 is 0 Å². The Morgan fingerprint density at radius 2 is 1.43 bits per heavy atom. The van der Waals surface area contributed by atoms with Gasteiger partial charge in [0.1, 0.15) is 0 Å². The zero-order valence-corrected chi connectivity index (χ0v) is 16.8. The van der Waals surface area contributed by atoms with Crippen molar-refractivity contribution in [3.05, 3.63) is 64.7 Å². The van der Waals surface area contributed by atoms with E-state index < -0.39 is 10.0 Å². The number of halogens is 1. The summed E-state index contributed by atoms with van der Waals surface area (Å²) in [7, 11) is -3.51. The molecule has 7 nitrogen and oxygen atoms in total. The third kappa shape index (κ3) is 4.82. The first kappa shape index (κ1) is 20.2. The van der Waals surface area contributed by atoms with E-state index in [-0.39, 0.29) is 22.5 Å². The van der Waals surface area contributed by atoms with E-state index in [4.69, 9.17) is 11.6 Å². The minimum atomic E-state index is -3.51. The zero-order valence-electron chi connectivity index (χ0n) is 15.3. The molecule has 0 aliphatic carbocycles. The molecule has 1 fully saturated rings. The molecule has 2 amide bonds. The van der Waals surface area contributed by atoms with Gasteiger partial charge in [-0.2, -0.15) is 0 Å². The number of nitrogens with one attached hydrogen (secondary N) is 1. The summed E-state index contributed by atoms with van der Waals surface area (Å²) in [6.07, 6.45) is 1.01. The second-order valence-corrected chi connectivity index (χ2v) is 8.67. The normalized spacial score (nSPS) is 14.6. The molecule has 148 valence electrons. The summed E-state index contributed by atoms with van der Waals surface area (Å²) >= 11 is 6.01. The highest BCUT2D eigenvalue weighted by molar-refractivity contribution is 7.92. The van der Waals surface area contributed by atoms with Crippen molar-refractivity contribution < 1.29 is 18.0 Å². The molecule has 0 radical (unpaired) electrons. The maximum absolute atomic E-state index is 12.8. The molecule has 2 aromatic carbocycles. The Kier molecular flexibility index (Phi) is 5.90. The predicted molar refractivity (Wildman–Crippen MR) is 108 cm³/mol. The largest absolute Gasteiger partial charge is 0.335 e. The first-order valence-electron chi connectivity index (χ1n) is 8.65. The highest BCUT2D eigenvalue weighted by Crippen LogP contribution is 2.25. The number of carbonyl (C=O) groups is 2. The van der Waals surface area contributed by atoms with E-state index >= 15 is 0 Å². The van der Waals surface area contributed by atoms with Gasteiger partial charge in [-0.1, -0.05) is 29.8 Å². The van der Waals surface area contributed by atoms with Crippen molar-refractivity contribution >= 4 is 39.1 Å². The van der Waals surface area contributed by atoms with Gasteiger partial charge in [-0.15, -0.1) is 0 Å². The molecule has 0 saturated carbocycles. The predicted octanol–water partition coefficient (Wildman–Crippen LogP) is 2.31. The topological polar surface area (TPSA) is 86.8 Å². The van der Waals surface area contributed by atoms with E-state index in [0.717, 1.165) is 6.26 Å². The Bertz CT molecular complexity index is 987. The minimum Gasteiger partial charge on any atom is -0.335 e. The van der Waals surface area contributed by atoms with Crippen LogP contribution in [0.4, 0.5) is 5.69 Å². The maximum atomic E-state index is 12.8. The quantitative estimate of drug-likeness (QED) is 0.820. The molecule has 1 aliphatic heterocycles. The van der Waals surface area contributed by atoms with Crippen LogP contribution >= 0.6 is 11.6 Å². The molecule has 9 heteroatoms. The average molecular weight is 422 g/mol. The Morgan fingerprint density at radius 1 is 0.893 bits per heavy atom. The molecule has 2 aromatic rings. The Labute approximate surface area is 168 Å². The van der Waals surface area contributed by atoms with Crippen molar-refractivity contribution in [3.8, 4) is 0 Å². The number of anilines is 1. The van der Waals surface area contributed by atoms with Gasteiger partial charge < -0.3 is 9.80 Å². The van der Waals surface area contributed by atoms with Gasteiger partial charge in [0.25, 0.3) is 11.8 Å². The summed E-state index contributed by atoms with van der Waals surface area (Å²) in [6, 6.07) is 13.5. The smallest absolute Gasteiger partial charge is 0.254 e. The SMILES string of the molecule is CS(=O)(=O)Nc1cc(C(=O)N2CCN(C(=O)c3ccccc3)CC2)ccc1Cl. The van der Waals surface area contributed by atoms with Gasteiger partial charge in [-0.3, -0.25) is 14.3 Å². The van der Waals surface area contributed by atoms with Crippen LogP contribution in [0.5, 0.6) is 0 Å². The molecule has 0 atom stereocenters. The summed E-state index contributed by atoms with van der Waals surface area (Å²) in [5.74, 6) is -0.293. The summed E-state index contributed by atoms with van der Waals surface area (Å²) in [5, 5.41) is 0.209. The third-order valence-electron chi connectivity index (χ3n) is 4.38. The highest BCUT2D eigenvalue weighted by Gasteiger charge is 2.26. The van der Waals surface area contributed by atoms with Crippen molar-refractivity contribution in [2.75, 3.05) is 37.2 Å². The summed E-state index contributed by atoms with van der Waals surface area (Å²) in [6.45, 7) is 1.66. The molecule has 1 N–H and O–H groups in total. The fourth-order valence-corrected chi connectivity index (χ4v) is 3.78. The fraction of sp³-hybridized carbons (Fsp3) is 0.263. The number of rotatable bonds is 4. The number of carbonyl (C=O) groups excluding carboxylic acids is 2. The van der Waals surface area contributed by atoms with Crippen LogP contribution in [0.1, 0.15) is 20.7 Å². The molecular formula is C19H20ClN3O4S. The maximum Gasteiger partial charge on any atom is 0.254 e. The van der Waals surface area contributed by atoms with Crippen molar-refractivity contribution in [1.29, 1.82) is 0 Å². The number of hydrogen-bond donors (Lipinski definition) is 1. The molecular weight excluding hydrogens is 402 g/mol. The number of hydrogen-bond acceptors (Lipinski definition) is 4. The van der Waals surface area contributed by atoms with Crippen LogP contribution in [-0.2, 0) is 10.0 Å². The van der Waals surface area contributed by atoms with Gasteiger partial charge in [-0.25, -0.2) is 8.42 Å². The standard InChI is InChI=1S/C19H20ClN3O4S/c1-28(26,27)21-17-13-15(7-8-16(17)20)19(25)23-11-9-22(10-12-23)18(24)14-5-3-2-4-6-14/h2-8,13,21H,9-12H2,1H3. The average Bonchev–Trinajstić information content (AvgIpc) is 2.68. The van der Waals surface area contributed by atoms with E-state index in [2.05, 4.69) is 4.72 Å². The molecule has 0 bridgehead atoms. The van der Waals surface area contributed by atoms with Crippen molar-refractivity contribution in [2.45, 2.75) is 0 Å². The lowest BCUT2D eigenvalue weighted by Gasteiger charge is -2.35. The fourth-order valence-electron chi connectivity index (χ4n) is 2.99. The van der Waals surface area contributed by atoms with Gasteiger partial charge in [0.2, 0.25) is 10.0 Å². The lowest BCUT2D eigenvalue weighted by atomic mass is 10.1. The number of benzene rings is 2. The van der Waals surface area contributed by atoms with Crippen molar-refractivity contribution in [3.63, 3.8) is 0 Å². The van der Waals surface area contributed by atoms with Crippen LogP contribution in [0.2, 0.25) is 5.02 Å². The minimum absolute atomic E-state index is 0.0566. The van der Waals surface area contributed by atoms with Gasteiger partial charge in [-0.05, 0) is 30.3 Å². The van der Waals surface area contributed by atoms with Crippen LogP contribution in [0.3, 0.4) is 0 Å². The van der Waals surface area contributed by atoms with E-state index in [1.807, 2.05) is 18.2 Å². The molecule has 0 unspecified atom stereocenters.